The summed E-state index contributed by atoms with van der Waals surface area (Å²) in [6.07, 6.45) is 0. The molecule has 5 heteroatoms. The molecule has 0 saturated carbocycles. The van der Waals surface area contributed by atoms with E-state index in [0.29, 0.717) is 23.5 Å². The van der Waals surface area contributed by atoms with Crippen LogP contribution in [-0.2, 0) is 11.3 Å². The van der Waals surface area contributed by atoms with Gasteiger partial charge in [-0.15, -0.1) is 0 Å². The van der Waals surface area contributed by atoms with Crippen LogP contribution in [0, 0.1) is 12.7 Å². The lowest BCUT2D eigenvalue weighted by Crippen LogP contribution is -2.25. The Balaban J connectivity index is 1.72. The number of carbonyl (C=O) groups excluding carboxylic acids is 1. The molecule has 21 heavy (non-hydrogen) atoms. The molecule has 0 saturated heterocycles. The van der Waals surface area contributed by atoms with E-state index in [9.17, 15) is 9.18 Å². The first kappa shape index (κ1) is 13.4. The second-order valence-electron chi connectivity index (χ2n) is 4.98. The second-order valence-corrected chi connectivity index (χ2v) is 4.98. The molecule has 2 N–H and O–H groups in total. The first-order valence-corrected chi connectivity index (χ1v) is 6.67. The van der Waals surface area contributed by atoms with Crippen LogP contribution in [0.2, 0.25) is 0 Å². The Kier molecular flexibility index (Phi) is 3.48. The Morgan fingerprint density at radius 3 is 2.95 bits per heavy atom. The number of fused-ring (bicyclic) bond motifs is 1. The summed E-state index contributed by atoms with van der Waals surface area (Å²) in [7, 11) is 0. The van der Waals surface area contributed by atoms with Crippen molar-refractivity contribution in [3.8, 4) is 5.75 Å². The van der Waals surface area contributed by atoms with Crippen molar-refractivity contribution in [3.05, 3.63) is 53.3 Å². The zero-order chi connectivity index (χ0) is 14.8. The van der Waals surface area contributed by atoms with E-state index in [-0.39, 0.29) is 18.3 Å². The summed E-state index contributed by atoms with van der Waals surface area (Å²) in [5, 5.41) is 6.00. The van der Waals surface area contributed by atoms with E-state index in [4.69, 9.17) is 4.74 Å². The van der Waals surface area contributed by atoms with Gasteiger partial charge < -0.3 is 15.4 Å². The quantitative estimate of drug-likeness (QED) is 0.911. The van der Waals surface area contributed by atoms with E-state index in [2.05, 4.69) is 10.6 Å². The summed E-state index contributed by atoms with van der Waals surface area (Å²) in [5.41, 5.74) is 3.14. The molecular weight excluding hydrogens is 271 g/mol. The van der Waals surface area contributed by atoms with Crippen LogP contribution in [0.3, 0.4) is 0 Å². The van der Waals surface area contributed by atoms with Crippen molar-refractivity contribution in [2.24, 2.45) is 0 Å². The number of nitrogens with one attached hydrogen (secondary N) is 2. The normalized spacial score (nSPS) is 13.1. The van der Waals surface area contributed by atoms with Crippen molar-refractivity contribution >= 4 is 17.3 Å². The Morgan fingerprint density at radius 2 is 2.14 bits per heavy atom. The molecule has 0 bridgehead atoms. The molecule has 0 aromatic heterocycles. The second kappa shape index (κ2) is 5.44. The van der Waals surface area contributed by atoms with E-state index >= 15 is 0 Å². The van der Waals surface area contributed by atoms with E-state index in [0.717, 1.165) is 11.3 Å². The van der Waals surface area contributed by atoms with Crippen molar-refractivity contribution in [2.45, 2.75) is 13.5 Å². The van der Waals surface area contributed by atoms with Crippen molar-refractivity contribution in [3.63, 3.8) is 0 Å². The number of rotatable bonds is 3. The maximum atomic E-state index is 13.2. The SMILES string of the molecule is Cc1cc(CNc2ccc3c(c2)NC(=O)CO3)ccc1F. The lowest BCUT2D eigenvalue weighted by Gasteiger charge is -2.19. The van der Waals surface area contributed by atoms with Gasteiger partial charge in [0, 0.05) is 12.2 Å². The fraction of sp³-hybridized carbons (Fsp3) is 0.188. The third-order valence-corrected chi connectivity index (χ3v) is 3.33. The summed E-state index contributed by atoms with van der Waals surface area (Å²) in [4.78, 5) is 11.3. The Morgan fingerprint density at radius 1 is 1.29 bits per heavy atom. The van der Waals surface area contributed by atoms with E-state index in [1.54, 1.807) is 13.0 Å². The third-order valence-electron chi connectivity index (χ3n) is 3.33. The minimum atomic E-state index is -0.201. The van der Waals surface area contributed by atoms with Crippen molar-refractivity contribution in [1.82, 2.24) is 0 Å². The average Bonchev–Trinajstić information content (AvgIpc) is 2.48. The van der Waals surface area contributed by atoms with Gasteiger partial charge in [0.25, 0.3) is 5.91 Å². The molecule has 4 nitrogen and oxygen atoms in total. The Labute approximate surface area is 121 Å². The van der Waals surface area contributed by atoms with Gasteiger partial charge in [-0.1, -0.05) is 12.1 Å². The number of halogens is 1. The zero-order valence-corrected chi connectivity index (χ0v) is 11.6. The lowest BCUT2D eigenvalue weighted by molar-refractivity contribution is -0.118. The highest BCUT2D eigenvalue weighted by Gasteiger charge is 2.15. The topological polar surface area (TPSA) is 50.4 Å². The maximum absolute atomic E-state index is 13.2. The van der Waals surface area contributed by atoms with Gasteiger partial charge in [0.15, 0.2) is 6.61 Å². The summed E-state index contributed by atoms with van der Waals surface area (Å²) >= 11 is 0. The smallest absolute Gasteiger partial charge is 0.262 e. The average molecular weight is 286 g/mol. The molecule has 2 aromatic rings. The largest absolute Gasteiger partial charge is 0.482 e. The molecule has 0 fully saturated rings. The number of carbonyl (C=O) groups is 1. The van der Waals surface area contributed by atoms with Crippen LogP contribution in [-0.4, -0.2) is 12.5 Å². The summed E-state index contributed by atoms with van der Waals surface area (Å²) < 4.78 is 18.5. The van der Waals surface area contributed by atoms with Gasteiger partial charge in [-0.05, 0) is 42.3 Å². The predicted molar refractivity (Wildman–Crippen MR) is 79.0 cm³/mol. The summed E-state index contributed by atoms with van der Waals surface area (Å²) in [6, 6.07) is 10.5. The molecule has 1 heterocycles. The number of amides is 1. The van der Waals surface area contributed by atoms with Gasteiger partial charge in [0.05, 0.1) is 5.69 Å². The Bertz CT molecular complexity index is 701. The van der Waals surface area contributed by atoms with Crippen LogP contribution in [0.25, 0.3) is 0 Å². The first-order valence-electron chi connectivity index (χ1n) is 6.67. The molecule has 1 amide bonds. The maximum Gasteiger partial charge on any atom is 0.262 e. The lowest BCUT2D eigenvalue weighted by atomic mass is 10.1. The molecule has 0 aliphatic carbocycles. The van der Waals surface area contributed by atoms with Crippen LogP contribution in [0.5, 0.6) is 5.75 Å². The fourth-order valence-corrected chi connectivity index (χ4v) is 2.21. The number of hydrogen-bond acceptors (Lipinski definition) is 3. The van der Waals surface area contributed by atoms with Crippen LogP contribution in [0.15, 0.2) is 36.4 Å². The highest BCUT2D eigenvalue weighted by molar-refractivity contribution is 5.96. The third kappa shape index (κ3) is 2.97. The Hall–Kier alpha value is -2.56. The molecule has 0 atom stereocenters. The van der Waals surface area contributed by atoms with E-state index in [1.165, 1.54) is 6.07 Å². The van der Waals surface area contributed by atoms with Gasteiger partial charge in [0.2, 0.25) is 0 Å². The van der Waals surface area contributed by atoms with Crippen LogP contribution in [0.4, 0.5) is 15.8 Å². The molecule has 1 aliphatic rings. The first-order chi connectivity index (χ1) is 10.1. The van der Waals surface area contributed by atoms with Crippen LogP contribution >= 0.6 is 0 Å². The number of hydrogen-bond donors (Lipinski definition) is 2. The molecule has 3 rings (SSSR count). The van der Waals surface area contributed by atoms with Crippen molar-refractivity contribution in [1.29, 1.82) is 0 Å². The molecule has 0 radical (unpaired) electrons. The summed E-state index contributed by atoms with van der Waals surface area (Å²) in [6.45, 7) is 2.37. The molecule has 2 aromatic carbocycles. The standard InChI is InChI=1S/C16H15FN2O2/c1-10-6-11(2-4-13(10)17)8-18-12-3-5-15-14(7-12)19-16(20)9-21-15/h2-7,18H,8-9H2,1H3,(H,19,20). The molecular formula is C16H15FN2O2. The minimum absolute atomic E-state index is 0.0502. The van der Waals surface area contributed by atoms with Gasteiger partial charge in [-0.25, -0.2) is 4.39 Å². The number of aryl methyl sites for hydroxylation is 1. The zero-order valence-electron chi connectivity index (χ0n) is 11.6. The monoisotopic (exact) mass is 286 g/mol. The van der Waals surface area contributed by atoms with E-state index < -0.39 is 0 Å². The van der Waals surface area contributed by atoms with Crippen molar-refractivity contribution in [2.75, 3.05) is 17.2 Å². The van der Waals surface area contributed by atoms with Gasteiger partial charge >= 0.3 is 0 Å². The van der Waals surface area contributed by atoms with Crippen LogP contribution < -0.4 is 15.4 Å². The molecule has 108 valence electrons. The number of anilines is 2. The highest BCUT2D eigenvalue weighted by atomic mass is 19.1. The highest BCUT2D eigenvalue weighted by Crippen LogP contribution is 2.30. The van der Waals surface area contributed by atoms with Crippen LogP contribution in [0.1, 0.15) is 11.1 Å². The van der Waals surface area contributed by atoms with E-state index in [1.807, 2.05) is 24.3 Å². The minimum Gasteiger partial charge on any atom is -0.482 e. The van der Waals surface area contributed by atoms with Crippen molar-refractivity contribution < 1.29 is 13.9 Å². The summed E-state index contributed by atoms with van der Waals surface area (Å²) in [5.74, 6) is 0.305. The molecule has 0 spiro atoms. The van der Waals surface area contributed by atoms with Gasteiger partial charge in [-0.3, -0.25) is 4.79 Å². The number of benzene rings is 2. The van der Waals surface area contributed by atoms with Gasteiger partial charge in [0.1, 0.15) is 11.6 Å². The molecule has 1 aliphatic heterocycles. The molecule has 0 unspecified atom stereocenters. The number of ether oxygens (including phenoxy) is 1. The predicted octanol–water partition coefficient (Wildman–Crippen LogP) is 3.08. The van der Waals surface area contributed by atoms with Gasteiger partial charge in [-0.2, -0.15) is 0 Å². The fourth-order valence-electron chi connectivity index (χ4n) is 2.21.